The number of benzene rings is 2. The summed E-state index contributed by atoms with van der Waals surface area (Å²) in [4.78, 5) is 1.00. The van der Waals surface area contributed by atoms with Gasteiger partial charge in [-0.2, -0.15) is 0 Å². The van der Waals surface area contributed by atoms with E-state index in [2.05, 4.69) is 32.9 Å². The molecule has 3 rings (SSSR count). The number of phenolic OH excluding ortho intramolecular Hbond substituents is 1. The molecule has 2 aromatic carbocycles. The molecule has 0 radical (unpaired) electrons. The number of fused-ring (bicyclic) bond motifs is 1. The van der Waals surface area contributed by atoms with Crippen molar-refractivity contribution >= 4 is 11.8 Å². The lowest BCUT2D eigenvalue weighted by molar-refractivity contribution is 0.300. The summed E-state index contributed by atoms with van der Waals surface area (Å²) >= 11 is 1.64. The lowest BCUT2D eigenvalue weighted by Crippen LogP contribution is -2.11. The van der Waals surface area contributed by atoms with Crippen LogP contribution in [0.15, 0.2) is 47.4 Å². The van der Waals surface area contributed by atoms with Crippen LogP contribution in [0.25, 0.3) is 0 Å². The first-order chi connectivity index (χ1) is 9.45. The van der Waals surface area contributed by atoms with Gasteiger partial charge in [0.15, 0.2) is 5.44 Å². The first-order valence-corrected chi connectivity index (χ1v) is 7.59. The van der Waals surface area contributed by atoms with Gasteiger partial charge >= 0.3 is 0 Å². The maximum absolute atomic E-state index is 10.2. The van der Waals surface area contributed by atoms with Crippen LogP contribution >= 0.6 is 11.8 Å². The summed E-state index contributed by atoms with van der Waals surface area (Å²) in [7, 11) is 0. The molecule has 0 fully saturated rings. The van der Waals surface area contributed by atoms with Gasteiger partial charge in [0.25, 0.3) is 0 Å². The molecule has 0 saturated carbocycles. The Morgan fingerprint density at radius 2 is 1.80 bits per heavy atom. The standard InChI is InChI=1S/C17H18O2S/c1-17(2,3)12-9-14-15(10-13(12)18)20-16(19-14)11-7-5-4-6-8-11/h4-10,16,18H,1-3H3. The van der Waals surface area contributed by atoms with Gasteiger partial charge < -0.3 is 9.84 Å². The van der Waals surface area contributed by atoms with Gasteiger partial charge in [-0.05, 0) is 17.5 Å². The molecule has 0 aliphatic carbocycles. The minimum Gasteiger partial charge on any atom is -0.508 e. The van der Waals surface area contributed by atoms with Crippen molar-refractivity contribution in [2.75, 3.05) is 0 Å². The molecule has 2 nitrogen and oxygen atoms in total. The van der Waals surface area contributed by atoms with E-state index in [1.54, 1.807) is 11.8 Å². The summed E-state index contributed by atoms with van der Waals surface area (Å²) < 4.78 is 6.04. The van der Waals surface area contributed by atoms with E-state index < -0.39 is 0 Å². The Bertz CT molecular complexity index is 629. The summed E-state index contributed by atoms with van der Waals surface area (Å²) in [5, 5.41) is 10.2. The largest absolute Gasteiger partial charge is 0.508 e. The second-order valence-corrected chi connectivity index (χ2v) is 7.15. The number of hydrogen-bond donors (Lipinski definition) is 1. The molecule has 1 aliphatic rings. The zero-order chi connectivity index (χ0) is 14.3. The van der Waals surface area contributed by atoms with Crippen LogP contribution in [0.1, 0.15) is 37.3 Å². The molecule has 2 aromatic rings. The highest BCUT2D eigenvalue weighted by Gasteiger charge is 2.29. The number of hydrogen-bond acceptors (Lipinski definition) is 3. The fourth-order valence-corrected chi connectivity index (χ4v) is 3.41. The molecule has 1 atom stereocenters. The van der Waals surface area contributed by atoms with Crippen LogP contribution in [-0.4, -0.2) is 5.11 Å². The third-order valence-electron chi connectivity index (χ3n) is 3.41. The van der Waals surface area contributed by atoms with E-state index in [0.29, 0.717) is 5.75 Å². The van der Waals surface area contributed by atoms with Crippen molar-refractivity contribution in [2.24, 2.45) is 0 Å². The van der Waals surface area contributed by atoms with Crippen molar-refractivity contribution in [3.05, 3.63) is 53.6 Å². The van der Waals surface area contributed by atoms with E-state index in [0.717, 1.165) is 21.8 Å². The normalized spacial score (nSPS) is 17.6. The van der Waals surface area contributed by atoms with Crippen LogP contribution in [0.4, 0.5) is 0 Å². The Morgan fingerprint density at radius 1 is 1.10 bits per heavy atom. The number of phenols is 1. The molecule has 0 amide bonds. The van der Waals surface area contributed by atoms with Crippen LogP contribution in [0.3, 0.4) is 0 Å². The lowest BCUT2D eigenvalue weighted by Gasteiger charge is -2.21. The third-order valence-corrected chi connectivity index (χ3v) is 4.57. The second kappa shape index (κ2) is 4.74. The highest BCUT2D eigenvalue weighted by molar-refractivity contribution is 7.99. The topological polar surface area (TPSA) is 29.5 Å². The second-order valence-electron chi connectivity index (χ2n) is 6.04. The van der Waals surface area contributed by atoms with Crippen LogP contribution < -0.4 is 4.74 Å². The fraction of sp³-hybridized carbons (Fsp3) is 0.294. The Kier molecular flexibility index (Phi) is 3.17. The van der Waals surface area contributed by atoms with Gasteiger partial charge in [0.1, 0.15) is 11.5 Å². The predicted molar refractivity (Wildman–Crippen MR) is 82.5 cm³/mol. The van der Waals surface area contributed by atoms with E-state index in [1.165, 1.54) is 0 Å². The van der Waals surface area contributed by atoms with Crippen molar-refractivity contribution < 1.29 is 9.84 Å². The minimum absolute atomic E-state index is 0.0270. The monoisotopic (exact) mass is 286 g/mol. The zero-order valence-corrected chi connectivity index (χ0v) is 12.7. The number of aromatic hydroxyl groups is 1. The maximum Gasteiger partial charge on any atom is 0.174 e. The van der Waals surface area contributed by atoms with Gasteiger partial charge in [-0.1, -0.05) is 62.9 Å². The van der Waals surface area contributed by atoms with Gasteiger partial charge in [0, 0.05) is 11.1 Å². The van der Waals surface area contributed by atoms with E-state index in [4.69, 9.17) is 4.74 Å². The number of thioether (sulfide) groups is 1. The highest BCUT2D eigenvalue weighted by Crippen LogP contribution is 2.51. The summed E-state index contributed by atoms with van der Waals surface area (Å²) in [5.74, 6) is 1.22. The average molecular weight is 286 g/mol. The molecule has 0 spiro atoms. The van der Waals surface area contributed by atoms with E-state index in [9.17, 15) is 5.11 Å². The Labute approximate surface area is 123 Å². The molecule has 20 heavy (non-hydrogen) atoms. The number of ether oxygens (including phenoxy) is 1. The van der Waals surface area contributed by atoms with E-state index >= 15 is 0 Å². The Hall–Kier alpha value is -1.61. The van der Waals surface area contributed by atoms with Gasteiger partial charge in [-0.25, -0.2) is 0 Å². The minimum atomic E-state index is -0.0992. The van der Waals surface area contributed by atoms with Crippen molar-refractivity contribution in [3.8, 4) is 11.5 Å². The molecule has 1 aliphatic heterocycles. The predicted octanol–water partition coefficient (Wildman–Crippen LogP) is 4.87. The van der Waals surface area contributed by atoms with Crippen molar-refractivity contribution in [2.45, 2.75) is 36.5 Å². The van der Waals surface area contributed by atoms with Gasteiger partial charge in [-0.3, -0.25) is 0 Å². The van der Waals surface area contributed by atoms with Crippen molar-refractivity contribution in [3.63, 3.8) is 0 Å². The van der Waals surface area contributed by atoms with E-state index in [1.807, 2.05) is 30.3 Å². The number of rotatable bonds is 1. The fourth-order valence-electron chi connectivity index (χ4n) is 2.34. The molecule has 1 heterocycles. The molecule has 0 bridgehead atoms. The molecular formula is C17H18O2S. The molecule has 0 saturated heterocycles. The third kappa shape index (κ3) is 2.38. The Balaban J connectivity index is 1.95. The molecule has 104 valence electrons. The summed E-state index contributed by atoms with van der Waals surface area (Å²) in [6.45, 7) is 6.27. The van der Waals surface area contributed by atoms with Crippen LogP contribution in [0, 0.1) is 0 Å². The highest BCUT2D eigenvalue weighted by atomic mass is 32.2. The lowest BCUT2D eigenvalue weighted by atomic mass is 9.86. The average Bonchev–Trinajstić information content (AvgIpc) is 2.80. The summed E-state index contributed by atoms with van der Waals surface area (Å²) in [6, 6.07) is 14.0. The SMILES string of the molecule is CC(C)(C)c1cc2c(cc1O)SC(c1ccccc1)O2. The molecule has 1 N–H and O–H groups in total. The zero-order valence-electron chi connectivity index (χ0n) is 11.9. The first kappa shape index (κ1) is 13.4. The first-order valence-electron chi connectivity index (χ1n) is 6.71. The van der Waals surface area contributed by atoms with Gasteiger partial charge in [-0.15, -0.1) is 0 Å². The van der Waals surface area contributed by atoms with Crippen LogP contribution in [-0.2, 0) is 5.41 Å². The van der Waals surface area contributed by atoms with Crippen LogP contribution in [0.2, 0.25) is 0 Å². The van der Waals surface area contributed by atoms with Crippen molar-refractivity contribution in [1.82, 2.24) is 0 Å². The van der Waals surface area contributed by atoms with Crippen LogP contribution in [0.5, 0.6) is 11.5 Å². The maximum atomic E-state index is 10.2. The summed E-state index contributed by atoms with van der Waals surface area (Å²) in [6.07, 6.45) is 0. The smallest absolute Gasteiger partial charge is 0.174 e. The summed E-state index contributed by atoms with van der Waals surface area (Å²) in [5.41, 5.74) is 1.94. The molecule has 3 heteroatoms. The van der Waals surface area contributed by atoms with Gasteiger partial charge in [0.2, 0.25) is 0 Å². The van der Waals surface area contributed by atoms with E-state index in [-0.39, 0.29) is 10.9 Å². The van der Waals surface area contributed by atoms with Crippen molar-refractivity contribution in [1.29, 1.82) is 0 Å². The Morgan fingerprint density at radius 3 is 2.45 bits per heavy atom. The molecular weight excluding hydrogens is 268 g/mol. The molecule has 1 unspecified atom stereocenters. The quantitative estimate of drug-likeness (QED) is 0.810. The molecule has 0 aromatic heterocycles. The van der Waals surface area contributed by atoms with Gasteiger partial charge in [0.05, 0.1) is 4.90 Å².